The van der Waals surface area contributed by atoms with Crippen molar-refractivity contribution in [2.45, 2.75) is 0 Å². The van der Waals surface area contributed by atoms with Crippen LogP contribution < -0.4 is 4.90 Å². The molecular formula is C23H27FN4O2. The Morgan fingerprint density at radius 3 is 2.00 bits per heavy atom. The van der Waals surface area contributed by atoms with Gasteiger partial charge >= 0.3 is 0 Å². The quantitative estimate of drug-likeness (QED) is 0.773. The predicted molar refractivity (Wildman–Crippen MR) is 114 cm³/mol. The number of carbonyl (C=O) groups is 2. The maximum Gasteiger partial charge on any atom is 0.253 e. The largest absolute Gasteiger partial charge is 0.366 e. The van der Waals surface area contributed by atoms with Gasteiger partial charge in [0.25, 0.3) is 5.91 Å². The molecule has 30 heavy (non-hydrogen) atoms. The van der Waals surface area contributed by atoms with Gasteiger partial charge in [0.15, 0.2) is 0 Å². The van der Waals surface area contributed by atoms with E-state index in [1.165, 1.54) is 6.07 Å². The Bertz CT molecular complexity index is 876. The molecule has 0 N–H and O–H groups in total. The first-order valence-corrected chi connectivity index (χ1v) is 10.5. The molecule has 2 fully saturated rings. The summed E-state index contributed by atoms with van der Waals surface area (Å²) < 4.78 is 14.0. The maximum absolute atomic E-state index is 14.0. The van der Waals surface area contributed by atoms with E-state index in [1.54, 1.807) is 12.1 Å². The molecule has 0 spiro atoms. The minimum Gasteiger partial charge on any atom is -0.366 e. The fourth-order valence-corrected chi connectivity index (χ4v) is 4.07. The average Bonchev–Trinajstić information content (AvgIpc) is 2.80. The van der Waals surface area contributed by atoms with Crippen LogP contribution in [0.1, 0.15) is 10.4 Å². The molecule has 2 saturated heterocycles. The van der Waals surface area contributed by atoms with Crippen molar-refractivity contribution in [3.8, 4) is 0 Å². The third-order valence-corrected chi connectivity index (χ3v) is 5.86. The van der Waals surface area contributed by atoms with Crippen LogP contribution in [0.4, 0.5) is 10.1 Å². The van der Waals surface area contributed by atoms with Crippen molar-refractivity contribution >= 4 is 17.5 Å². The van der Waals surface area contributed by atoms with E-state index in [9.17, 15) is 14.0 Å². The third kappa shape index (κ3) is 4.62. The van der Waals surface area contributed by atoms with Gasteiger partial charge in [0, 0.05) is 57.9 Å². The van der Waals surface area contributed by atoms with Gasteiger partial charge in [-0.1, -0.05) is 30.3 Å². The summed E-state index contributed by atoms with van der Waals surface area (Å²) in [7, 11) is 0. The van der Waals surface area contributed by atoms with E-state index in [0.717, 1.165) is 0 Å². The van der Waals surface area contributed by atoms with Gasteiger partial charge < -0.3 is 14.7 Å². The number of rotatable bonds is 4. The van der Waals surface area contributed by atoms with Gasteiger partial charge in [0.1, 0.15) is 5.82 Å². The molecule has 0 atom stereocenters. The van der Waals surface area contributed by atoms with Crippen molar-refractivity contribution in [2.24, 2.45) is 0 Å². The van der Waals surface area contributed by atoms with Crippen molar-refractivity contribution < 1.29 is 14.0 Å². The summed E-state index contributed by atoms with van der Waals surface area (Å²) in [5.41, 5.74) is 1.30. The van der Waals surface area contributed by atoms with Crippen molar-refractivity contribution in [2.75, 3.05) is 63.8 Å². The van der Waals surface area contributed by atoms with E-state index < -0.39 is 0 Å². The number of amides is 2. The first kappa shape index (κ1) is 20.3. The third-order valence-electron chi connectivity index (χ3n) is 5.86. The topological polar surface area (TPSA) is 47.1 Å². The maximum atomic E-state index is 14.0. The Kier molecular flexibility index (Phi) is 6.28. The summed E-state index contributed by atoms with van der Waals surface area (Å²) in [5.74, 6) is -0.0722. The number of nitrogens with zero attached hydrogens (tertiary/aromatic N) is 4. The van der Waals surface area contributed by atoms with Gasteiger partial charge in [-0.3, -0.25) is 14.5 Å². The molecule has 2 aliphatic rings. The summed E-state index contributed by atoms with van der Waals surface area (Å²) >= 11 is 0. The number of para-hydroxylation sites is 1. The molecule has 0 bridgehead atoms. The summed E-state index contributed by atoms with van der Waals surface area (Å²) in [5, 5.41) is 0. The minimum atomic E-state index is -0.222. The van der Waals surface area contributed by atoms with E-state index in [-0.39, 0.29) is 17.6 Å². The van der Waals surface area contributed by atoms with E-state index in [1.807, 2.05) is 51.1 Å². The lowest BCUT2D eigenvalue weighted by Crippen LogP contribution is -2.54. The Hall–Kier alpha value is -2.93. The molecule has 2 aliphatic heterocycles. The Balaban J connectivity index is 1.23. The molecule has 2 aromatic carbocycles. The van der Waals surface area contributed by atoms with Crippen LogP contribution in [0.5, 0.6) is 0 Å². The van der Waals surface area contributed by atoms with Crippen molar-refractivity contribution in [1.29, 1.82) is 0 Å². The van der Waals surface area contributed by atoms with Crippen molar-refractivity contribution in [3.05, 3.63) is 66.0 Å². The highest BCUT2D eigenvalue weighted by Gasteiger charge is 2.27. The number of carbonyl (C=O) groups excluding carboxylic acids is 2. The number of benzene rings is 2. The zero-order chi connectivity index (χ0) is 20.9. The van der Waals surface area contributed by atoms with Crippen LogP contribution in [0, 0.1) is 5.82 Å². The molecule has 0 saturated carbocycles. The molecule has 0 unspecified atom stereocenters. The minimum absolute atomic E-state index is 0.0471. The van der Waals surface area contributed by atoms with E-state index >= 15 is 0 Å². The Morgan fingerprint density at radius 1 is 0.733 bits per heavy atom. The molecule has 4 rings (SSSR count). The summed E-state index contributed by atoms with van der Waals surface area (Å²) in [6.45, 7) is 5.47. The van der Waals surface area contributed by atoms with Gasteiger partial charge in [0.2, 0.25) is 5.91 Å². The Labute approximate surface area is 176 Å². The van der Waals surface area contributed by atoms with Gasteiger partial charge in [-0.25, -0.2) is 4.39 Å². The molecule has 0 aliphatic carbocycles. The van der Waals surface area contributed by atoms with Crippen LogP contribution in [0.2, 0.25) is 0 Å². The van der Waals surface area contributed by atoms with Crippen LogP contribution in [0.15, 0.2) is 54.6 Å². The second-order valence-electron chi connectivity index (χ2n) is 7.75. The molecule has 2 amide bonds. The highest BCUT2D eigenvalue weighted by Crippen LogP contribution is 2.20. The SMILES string of the molecule is O=C(CN1CCN(C(=O)c2ccccc2)CC1)N1CCN(c2ccccc2F)CC1. The average molecular weight is 410 g/mol. The van der Waals surface area contributed by atoms with E-state index in [4.69, 9.17) is 0 Å². The lowest BCUT2D eigenvalue weighted by molar-refractivity contribution is -0.133. The summed E-state index contributed by atoms with van der Waals surface area (Å²) in [6.07, 6.45) is 0. The van der Waals surface area contributed by atoms with Gasteiger partial charge in [-0.05, 0) is 24.3 Å². The number of anilines is 1. The Morgan fingerprint density at radius 2 is 1.33 bits per heavy atom. The van der Waals surface area contributed by atoms with Crippen molar-refractivity contribution in [3.63, 3.8) is 0 Å². The lowest BCUT2D eigenvalue weighted by Gasteiger charge is -2.38. The van der Waals surface area contributed by atoms with Crippen molar-refractivity contribution in [1.82, 2.24) is 14.7 Å². The van der Waals surface area contributed by atoms with Crippen LogP contribution >= 0.6 is 0 Å². The fraction of sp³-hybridized carbons (Fsp3) is 0.391. The zero-order valence-corrected chi connectivity index (χ0v) is 17.0. The van der Waals surface area contributed by atoms with Crippen LogP contribution in [0.25, 0.3) is 0 Å². The molecule has 158 valence electrons. The number of halogens is 1. The van der Waals surface area contributed by atoms with Gasteiger partial charge in [-0.2, -0.15) is 0 Å². The number of hydrogen-bond acceptors (Lipinski definition) is 4. The molecule has 0 radical (unpaired) electrons. The monoisotopic (exact) mass is 410 g/mol. The summed E-state index contributed by atoms with van der Waals surface area (Å²) in [4.78, 5) is 33.1. The standard InChI is InChI=1S/C23H27FN4O2/c24-20-8-4-5-9-21(20)26-14-16-27(17-15-26)22(29)18-25-10-12-28(13-11-25)23(30)19-6-2-1-3-7-19/h1-9H,10-18H2. The smallest absolute Gasteiger partial charge is 0.253 e. The van der Waals surface area contributed by atoms with Crippen LogP contribution in [-0.4, -0.2) is 85.4 Å². The zero-order valence-electron chi connectivity index (χ0n) is 17.0. The summed E-state index contributed by atoms with van der Waals surface area (Å²) in [6, 6.07) is 16.1. The van der Waals surface area contributed by atoms with Gasteiger partial charge in [0.05, 0.1) is 12.2 Å². The first-order chi connectivity index (χ1) is 14.6. The normalized spacial score (nSPS) is 17.8. The predicted octanol–water partition coefficient (Wildman–Crippen LogP) is 1.93. The number of hydrogen-bond donors (Lipinski definition) is 0. The van der Waals surface area contributed by atoms with Crippen LogP contribution in [-0.2, 0) is 4.79 Å². The highest BCUT2D eigenvalue weighted by molar-refractivity contribution is 5.94. The molecule has 0 aromatic heterocycles. The van der Waals surface area contributed by atoms with E-state index in [0.29, 0.717) is 70.2 Å². The molecular weight excluding hydrogens is 383 g/mol. The molecule has 2 heterocycles. The van der Waals surface area contributed by atoms with E-state index in [2.05, 4.69) is 4.90 Å². The van der Waals surface area contributed by atoms with Crippen LogP contribution in [0.3, 0.4) is 0 Å². The highest BCUT2D eigenvalue weighted by atomic mass is 19.1. The second kappa shape index (κ2) is 9.26. The first-order valence-electron chi connectivity index (χ1n) is 10.5. The fourth-order valence-electron chi connectivity index (χ4n) is 4.07. The van der Waals surface area contributed by atoms with Gasteiger partial charge in [-0.15, -0.1) is 0 Å². The number of piperazine rings is 2. The molecule has 2 aromatic rings. The molecule has 7 heteroatoms. The lowest BCUT2D eigenvalue weighted by atomic mass is 10.2. The second-order valence-corrected chi connectivity index (χ2v) is 7.75. The molecule has 6 nitrogen and oxygen atoms in total.